The van der Waals surface area contributed by atoms with E-state index >= 15 is 0 Å². The molecule has 0 saturated carbocycles. The fraction of sp³-hybridized carbons (Fsp3) is 0.625. The van der Waals surface area contributed by atoms with Crippen LogP contribution in [0.2, 0.25) is 0 Å². The molecule has 1 aromatic rings. The summed E-state index contributed by atoms with van der Waals surface area (Å²) >= 11 is 0. The molecule has 18 heavy (non-hydrogen) atoms. The van der Waals surface area contributed by atoms with E-state index in [2.05, 4.69) is 26.1 Å². The van der Waals surface area contributed by atoms with Gasteiger partial charge in [-0.05, 0) is 60.9 Å². The van der Waals surface area contributed by atoms with Crippen molar-refractivity contribution in [3.05, 3.63) is 35.1 Å². The van der Waals surface area contributed by atoms with E-state index in [1.807, 2.05) is 6.07 Å². The molecule has 100 valence electrons. The smallest absolute Gasteiger partial charge is 0.123 e. The maximum atomic E-state index is 13.5. The van der Waals surface area contributed by atoms with Gasteiger partial charge in [0.05, 0.1) is 0 Å². The first-order valence-corrected chi connectivity index (χ1v) is 7.03. The highest BCUT2D eigenvalue weighted by atomic mass is 19.1. The summed E-state index contributed by atoms with van der Waals surface area (Å²) < 4.78 is 13.5. The van der Waals surface area contributed by atoms with E-state index in [0.717, 1.165) is 25.8 Å². The third kappa shape index (κ3) is 3.11. The second kappa shape index (κ2) is 5.40. The first-order chi connectivity index (χ1) is 8.52. The third-order valence-electron chi connectivity index (χ3n) is 3.95. The second-order valence-corrected chi connectivity index (χ2v) is 6.22. The first kappa shape index (κ1) is 13.5. The average Bonchev–Trinajstić information content (AvgIpc) is 2.44. The van der Waals surface area contributed by atoms with Gasteiger partial charge in [0, 0.05) is 6.04 Å². The molecular weight excluding hydrogens is 225 g/mol. The molecule has 0 aromatic heterocycles. The summed E-state index contributed by atoms with van der Waals surface area (Å²) in [5.41, 5.74) is 2.81. The van der Waals surface area contributed by atoms with Crippen LogP contribution in [-0.4, -0.2) is 6.54 Å². The van der Waals surface area contributed by atoms with Crippen LogP contribution in [-0.2, 0) is 6.42 Å². The number of nitrogens with one attached hydrogen (secondary N) is 1. The Morgan fingerprint density at radius 1 is 1.39 bits per heavy atom. The van der Waals surface area contributed by atoms with Gasteiger partial charge < -0.3 is 5.32 Å². The van der Waals surface area contributed by atoms with Gasteiger partial charge in [0.15, 0.2) is 0 Å². The van der Waals surface area contributed by atoms with Crippen molar-refractivity contribution < 1.29 is 4.39 Å². The Balaban J connectivity index is 2.32. The zero-order valence-corrected chi connectivity index (χ0v) is 11.7. The Morgan fingerprint density at radius 3 is 2.89 bits per heavy atom. The first-order valence-electron chi connectivity index (χ1n) is 7.03. The Morgan fingerprint density at radius 2 is 2.17 bits per heavy atom. The third-order valence-corrected chi connectivity index (χ3v) is 3.95. The van der Waals surface area contributed by atoms with E-state index < -0.39 is 0 Å². The van der Waals surface area contributed by atoms with Gasteiger partial charge in [-0.25, -0.2) is 4.39 Å². The predicted octanol–water partition coefficient (Wildman–Crippen LogP) is 4.23. The predicted molar refractivity (Wildman–Crippen MR) is 74.2 cm³/mol. The highest BCUT2D eigenvalue weighted by Crippen LogP contribution is 2.39. The zero-order chi connectivity index (χ0) is 13.2. The van der Waals surface area contributed by atoms with Crippen LogP contribution in [0.3, 0.4) is 0 Å². The summed E-state index contributed by atoms with van der Waals surface area (Å²) in [6.45, 7) is 7.80. The van der Waals surface area contributed by atoms with Gasteiger partial charge in [0.1, 0.15) is 5.82 Å². The quantitative estimate of drug-likeness (QED) is 0.790. The van der Waals surface area contributed by atoms with Crippen molar-refractivity contribution in [3.63, 3.8) is 0 Å². The van der Waals surface area contributed by atoms with Gasteiger partial charge in [-0.1, -0.05) is 26.8 Å². The minimum atomic E-state index is -0.114. The van der Waals surface area contributed by atoms with Crippen molar-refractivity contribution in [1.82, 2.24) is 5.32 Å². The molecule has 0 spiro atoms. The molecule has 0 bridgehead atoms. The highest BCUT2D eigenvalue weighted by Gasteiger charge is 2.29. The lowest BCUT2D eigenvalue weighted by Crippen LogP contribution is -2.26. The summed E-state index contributed by atoms with van der Waals surface area (Å²) in [5, 5.41) is 3.58. The Bertz CT molecular complexity index is 412. The number of hydrogen-bond donors (Lipinski definition) is 1. The van der Waals surface area contributed by atoms with Crippen LogP contribution < -0.4 is 5.32 Å². The lowest BCUT2D eigenvalue weighted by Gasteiger charge is -2.27. The van der Waals surface area contributed by atoms with Gasteiger partial charge in [-0.15, -0.1) is 0 Å². The van der Waals surface area contributed by atoms with Crippen LogP contribution in [0.15, 0.2) is 18.2 Å². The lowest BCUT2D eigenvalue weighted by atomic mass is 9.83. The zero-order valence-electron chi connectivity index (χ0n) is 11.7. The number of rotatable bonds is 3. The Kier molecular flexibility index (Phi) is 4.06. The van der Waals surface area contributed by atoms with E-state index in [9.17, 15) is 4.39 Å². The Labute approximate surface area is 110 Å². The molecule has 2 heteroatoms. The van der Waals surface area contributed by atoms with Crippen LogP contribution in [0, 0.1) is 11.2 Å². The maximum absolute atomic E-state index is 13.5. The summed E-state index contributed by atoms with van der Waals surface area (Å²) in [6.07, 6.45) is 4.44. The molecule has 1 N–H and O–H groups in total. The van der Waals surface area contributed by atoms with Crippen LogP contribution >= 0.6 is 0 Å². The van der Waals surface area contributed by atoms with Crippen molar-refractivity contribution in [2.75, 3.05) is 6.54 Å². The van der Waals surface area contributed by atoms with Crippen molar-refractivity contribution in [3.8, 4) is 0 Å². The molecule has 0 saturated heterocycles. The molecule has 1 aromatic carbocycles. The topological polar surface area (TPSA) is 12.0 Å². The molecule has 0 amide bonds. The van der Waals surface area contributed by atoms with E-state index in [1.165, 1.54) is 17.5 Å². The average molecular weight is 249 g/mol. The molecule has 0 aliphatic heterocycles. The van der Waals surface area contributed by atoms with Crippen molar-refractivity contribution >= 4 is 0 Å². The van der Waals surface area contributed by atoms with E-state index in [1.54, 1.807) is 12.1 Å². The highest BCUT2D eigenvalue weighted by molar-refractivity contribution is 5.32. The van der Waals surface area contributed by atoms with Crippen molar-refractivity contribution in [1.29, 1.82) is 0 Å². The molecule has 1 aliphatic rings. The van der Waals surface area contributed by atoms with E-state index in [4.69, 9.17) is 0 Å². The molecule has 1 aliphatic carbocycles. The molecule has 0 fully saturated rings. The number of hydrogen-bond acceptors (Lipinski definition) is 1. The SMILES string of the molecule is CCCNC1CC(C)(C)CCc2ccc(F)cc21. The van der Waals surface area contributed by atoms with E-state index in [0.29, 0.717) is 11.5 Å². The molecule has 0 heterocycles. The largest absolute Gasteiger partial charge is 0.310 e. The van der Waals surface area contributed by atoms with E-state index in [-0.39, 0.29) is 5.82 Å². The summed E-state index contributed by atoms with van der Waals surface area (Å²) in [7, 11) is 0. The monoisotopic (exact) mass is 249 g/mol. The van der Waals surface area contributed by atoms with Gasteiger partial charge in [0.2, 0.25) is 0 Å². The van der Waals surface area contributed by atoms with Crippen molar-refractivity contribution in [2.45, 2.75) is 52.5 Å². The van der Waals surface area contributed by atoms with Gasteiger partial charge in [0.25, 0.3) is 0 Å². The van der Waals surface area contributed by atoms with Gasteiger partial charge >= 0.3 is 0 Å². The minimum Gasteiger partial charge on any atom is -0.310 e. The second-order valence-electron chi connectivity index (χ2n) is 6.22. The Hall–Kier alpha value is -0.890. The normalized spacial score (nSPS) is 22.3. The number of halogens is 1. The maximum Gasteiger partial charge on any atom is 0.123 e. The fourth-order valence-corrected chi connectivity index (χ4v) is 2.86. The molecule has 1 nitrogen and oxygen atoms in total. The summed E-state index contributed by atoms with van der Waals surface area (Å²) in [6, 6.07) is 5.58. The molecule has 1 atom stereocenters. The van der Waals surface area contributed by atoms with Crippen LogP contribution in [0.1, 0.15) is 57.2 Å². The lowest BCUT2D eigenvalue weighted by molar-refractivity contribution is 0.273. The van der Waals surface area contributed by atoms with Crippen LogP contribution in [0.5, 0.6) is 0 Å². The summed E-state index contributed by atoms with van der Waals surface area (Å²) in [5.74, 6) is -0.114. The van der Waals surface area contributed by atoms with Crippen molar-refractivity contribution in [2.24, 2.45) is 5.41 Å². The number of benzene rings is 1. The molecule has 0 radical (unpaired) electrons. The molecular formula is C16H24FN. The van der Waals surface area contributed by atoms with Gasteiger partial charge in [-0.3, -0.25) is 0 Å². The standard InChI is InChI=1S/C16H24FN/c1-4-9-18-15-11-16(2,3)8-7-12-5-6-13(17)10-14(12)15/h5-6,10,15,18H,4,7-9,11H2,1-3H3. The molecule has 1 unspecified atom stereocenters. The number of aryl methyl sites for hydroxylation is 1. The molecule has 2 rings (SSSR count). The summed E-state index contributed by atoms with van der Waals surface area (Å²) in [4.78, 5) is 0. The fourth-order valence-electron chi connectivity index (χ4n) is 2.86. The van der Waals surface area contributed by atoms with Crippen LogP contribution in [0.4, 0.5) is 4.39 Å². The van der Waals surface area contributed by atoms with Crippen LogP contribution in [0.25, 0.3) is 0 Å². The number of fused-ring (bicyclic) bond motifs is 1. The minimum absolute atomic E-state index is 0.114. The van der Waals surface area contributed by atoms with Gasteiger partial charge in [-0.2, -0.15) is 0 Å².